The fraction of sp³-hybridized carbons (Fsp3) is 0.310. The van der Waals surface area contributed by atoms with Gasteiger partial charge in [0, 0.05) is 40.9 Å². The van der Waals surface area contributed by atoms with Gasteiger partial charge in [-0.25, -0.2) is 0 Å². The van der Waals surface area contributed by atoms with Gasteiger partial charge in [0.25, 0.3) is 5.91 Å². The van der Waals surface area contributed by atoms with Crippen LogP contribution >= 0.6 is 11.8 Å². The molecule has 1 aliphatic heterocycles. The van der Waals surface area contributed by atoms with Crippen LogP contribution in [0.3, 0.4) is 0 Å². The number of ether oxygens (including phenoxy) is 3. The van der Waals surface area contributed by atoms with Crippen LogP contribution in [0, 0.1) is 0 Å². The SMILES string of the molecule is CC(=O)O[C@@H](C)C(=O)Nc1cccc(C2O[C@H](CSc3ccccc3N)C[C@H](c3ccc(CO)cc3)O2)c1. The van der Waals surface area contributed by atoms with Crippen molar-refractivity contribution in [2.24, 2.45) is 0 Å². The minimum atomic E-state index is -0.920. The minimum Gasteiger partial charge on any atom is -0.453 e. The molecule has 0 spiro atoms. The summed E-state index contributed by atoms with van der Waals surface area (Å²) in [4.78, 5) is 24.6. The van der Waals surface area contributed by atoms with Crippen molar-refractivity contribution in [2.45, 2.75) is 56.4 Å². The highest BCUT2D eigenvalue weighted by Gasteiger charge is 2.32. The molecule has 1 fully saturated rings. The first kappa shape index (κ1) is 27.7. The third kappa shape index (κ3) is 7.35. The summed E-state index contributed by atoms with van der Waals surface area (Å²) in [6, 6.07) is 22.7. The summed E-state index contributed by atoms with van der Waals surface area (Å²) in [6.45, 7) is 2.75. The summed E-state index contributed by atoms with van der Waals surface area (Å²) < 4.78 is 17.8. The number of nitrogens with one attached hydrogen (secondary N) is 1. The van der Waals surface area contributed by atoms with Gasteiger partial charge in [0.2, 0.25) is 0 Å². The fourth-order valence-corrected chi connectivity index (χ4v) is 5.12. The highest BCUT2D eigenvalue weighted by molar-refractivity contribution is 7.99. The van der Waals surface area contributed by atoms with E-state index in [1.165, 1.54) is 13.8 Å². The van der Waals surface area contributed by atoms with E-state index < -0.39 is 24.3 Å². The molecule has 1 amide bonds. The second-order valence-corrected chi connectivity index (χ2v) is 10.1. The van der Waals surface area contributed by atoms with Crippen molar-refractivity contribution in [3.8, 4) is 0 Å². The van der Waals surface area contributed by atoms with E-state index >= 15 is 0 Å². The van der Waals surface area contributed by atoms with Crippen LogP contribution in [0.4, 0.5) is 11.4 Å². The van der Waals surface area contributed by atoms with Gasteiger partial charge in [-0.1, -0.05) is 48.5 Å². The Morgan fingerprint density at radius 2 is 1.84 bits per heavy atom. The molecule has 3 aromatic carbocycles. The molecule has 9 heteroatoms. The smallest absolute Gasteiger partial charge is 0.303 e. The van der Waals surface area contributed by atoms with E-state index in [0.29, 0.717) is 17.9 Å². The molecule has 0 radical (unpaired) electrons. The number of carbonyl (C=O) groups is 2. The van der Waals surface area contributed by atoms with Gasteiger partial charge in [-0.3, -0.25) is 9.59 Å². The molecule has 1 heterocycles. The molecule has 0 aliphatic carbocycles. The zero-order chi connectivity index (χ0) is 27.1. The number of para-hydroxylation sites is 1. The Bertz CT molecular complexity index is 1250. The number of hydrogen-bond acceptors (Lipinski definition) is 8. The highest BCUT2D eigenvalue weighted by Crippen LogP contribution is 2.40. The van der Waals surface area contributed by atoms with Gasteiger partial charge < -0.3 is 30.4 Å². The Morgan fingerprint density at radius 1 is 1.08 bits per heavy atom. The van der Waals surface area contributed by atoms with E-state index in [2.05, 4.69) is 5.32 Å². The quantitative estimate of drug-likeness (QED) is 0.199. The average Bonchev–Trinajstić information content (AvgIpc) is 2.92. The number of nitrogens with two attached hydrogens (primary N) is 1. The number of amides is 1. The maximum absolute atomic E-state index is 12.4. The van der Waals surface area contributed by atoms with Gasteiger partial charge in [-0.2, -0.15) is 0 Å². The van der Waals surface area contributed by atoms with E-state index in [1.807, 2.05) is 60.7 Å². The number of esters is 1. The molecule has 4 atom stereocenters. The maximum Gasteiger partial charge on any atom is 0.303 e. The lowest BCUT2D eigenvalue weighted by Crippen LogP contribution is -2.31. The standard InChI is InChI=1S/C29H32N2O6S/c1-18(35-19(2)33)28(34)31-23-7-5-6-22(14-23)29-36-24(17-38-27-9-4-3-8-25(27)30)15-26(37-29)21-12-10-20(16-32)11-13-21/h3-14,18,24,26,29,32H,15-17,30H2,1-2H3,(H,31,34)/t18-,24-,26+,29?/m0/s1. The second-order valence-electron chi connectivity index (χ2n) is 9.07. The number of nitrogen functional groups attached to an aromatic ring is 1. The summed E-state index contributed by atoms with van der Waals surface area (Å²) in [5, 5.41) is 12.2. The zero-order valence-corrected chi connectivity index (χ0v) is 22.1. The van der Waals surface area contributed by atoms with Crippen molar-refractivity contribution in [3.05, 3.63) is 89.5 Å². The van der Waals surface area contributed by atoms with Crippen molar-refractivity contribution in [1.29, 1.82) is 0 Å². The fourth-order valence-electron chi connectivity index (χ4n) is 4.13. The van der Waals surface area contributed by atoms with E-state index in [4.69, 9.17) is 19.9 Å². The molecule has 4 rings (SSSR count). The molecular formula is C29H32N2O6S. The third-order valence-electron chi connectivity index (χ3n) is 6.10. The number of aliphatic hydroxyl groups is 1. The summed E-state index contributed by atoms with van der Waals surface area (Å²) in [6.07, 6.45) is -1.32. The molecule has 3 aromatic rings. The molecule has 200 valence electrons. The molecule has 0 aromatic heterocycles. The van der Waals surface area contributed by atoms with Crippen LogP contribution in [0.2, 0.25) is 0 Å². The van der Waals surface area contributed by atoms with Crippen molar-refractivity contribution in [3.63, 3.8) is 0 Å². The number of benzene rings is 3. The van der Waals surface area contributed by atoms with Crippen LogP contribution in [-0.4, -0.2) is 34.9 Å². The highest BCUT2D eigenvalue weighted by atomic mass is 32.2. The average molecular weight is 537 g/mol. The molecule has 1 saturated heterocycles. The van der Waals surface area contributed by atoms with Crippen molar-refractivity contribution >= 4 is 35.0 Å². The van der Waals surface area contributed by atoms with Crippen LogP contribution in [-0.2, 0) is 30.4 Å². The van der Waals surface area contributed by atoms with Crippen molar-refractivity contribution in [2.75, 3.05) is 16.8 Å². The number of thioether (sulfide) groups is 1. The van der Waals surface area contributed by atoms with Crippen LogP contribution in [0.5, 0.6) is 0 Å². The van der Waals surface area contributed by atoms with Gasteiger partial charge in [0.05, 0.1) is 18.8 Å². The van der Waals surface area contributed by atoms with E-state index in [0.717, 1.165) is 27.3 Å². The summed E-state index contributed by atoms with van der Waals surface area (Å²) >= 11 is 1.64. The first-order chi connectivity index (χ1) is 18.3. The molecule has 1 aliphatic rings. The van der Waals surface area contributed by atoms with Gasteiger partial charge in [0.1, 0.15) is 0 Å². The minimum absolute atomic E-state index is 0.0239. The Kier molecular flexibility index (Phi) is 9.41. The molecule has 0 saturated carbocycles. The number of anilines is 2. The van der Waals surface area contributed by atoms with E-state index in [-0.39, 0.29) is 18.8 Å². The monoisotopic (exact) mass is 536 g/mol. The summed E-state index contributed by atoms with van der Waals surface area (Å²) in [5.41, 5.74) is 9.96. The first-order valence-corrected chi connectivity index (χ1v) is 13.4. The second kappa shape index (κ2) is 12.9. The van der Waals surface area contributed by atoms with Gasteiger partial charge in [0.15, 0.2) is 12.4 Å². The molecule has 1 unspecified atom stereocenters. The molecule has 8 nitrogen and oxygen atoms in total. The van der Waals surface area contributed by atoms with Crippen molar-refractivity contribution in [1.82, 2.24) is 0 Å². The Hall–Kier alpha value is -3.37. The Balaban J connectivity index is 1.53. The topological polar surface area (TPSA) is 120 Å². The van der Waals surface area contributed by atoms with Crippen LogP contribution in [0.15, 0.2) is 77.7 Å². The van der Waals surface area contributed by atoms with Gasteiger partial charge in [-0.05, 0) is 42.3 Å². The number of aliphatic hydroxyl groups excluding tert-OH is 1. The van der Waals surface area contributed by atoms with Gasteiger partial charge >= 0.3 is 5.97 Å². The number of rotatable bonds is 9. The number of hydrogen-bond donors (Lipinski definition) is 3. The third-order valence-corrected chi connectivity index (χ3v) is 7.32. The maximum atomic E-state index is 12.4. The van der Waals surface area contributed by atoms with Crippen LogP contribution in [0.25, 0.3) is 0 Å². The van der Waals surface area contributed by atoms with Crippen LogP contribution in [0.1, 0.15) is 49.4 Å². The Labute approximate surface area is 226 Å². The van der Waals surface area contributed by atoms with Crippen LogP contribution < -0.4 is 11.1 Å². The summed E-state index contributed by atoms with van der Waals surface area (Å²) in [7, 11) is 0. The van der Waals surface area contributed by atoms with Crippen molar-refractivity contribution < 1.29 is 28.9 Å². The predicted molar refractivity (Wildman–Crippen MR) is 146 cm³/mol. The number of carbonyl (C=O) groups excluding carboxylic acids is 2. The lowest BCUT2D eigenvalue weighted by Gasteiger charge is -2.36. The van der Waals surface area contributed by atoms with E-state index in [1.54, 1.807) is 23.9 Å². The lowest BCUT2D eigenvalue weighted by molar-refractivity contribution is -0.245. The lowest BCUT2D eigenvalue weighted by atomic mass is 10.0. The van der Waals surface area contributed by atoms with E-state index in [9.17, 15) is 14.7 Å². The zero-order valence-electron chi connectivity index (χ0n) is 21.3. The normalized spacial score (nSPS) is 19.9. The predicted octanol–water partition coefficient (Wildman–Crippen LogP) is 4.99. The molecule has 0 bridgehead atoms. The molecular weight excluding hydrogens is 504 g/mol. The Morgan fingerprint density at radius 3 is 2.55 bits per heavy atom. The summed E-state index contributed by atoms with van der Waals surface area (Å²) in [5.74, 6) is -0.278. The molecule has 38 heavy (non-hydrogen) atoms. The molecule has 4 N–H and O–H groups in total. The first-order valence-electron chi connectivity index (χ1n) is 12.4. The largest absolute Gasteiger partial charge is 0.453 e. The van der Waals surface area contributed by atoms with Gasteiger partial charge in [-0.15, -0.1) is 11.8 Å².